The van der Waals surface area contributed by atoms with Crippen molar-refractivity contribution >= 4 is 29.2 Å². The number of benzene rings is 3. The van der Waals surface area contributed by atoms with E-state index in [0.717, 1.165) is 25.2 Å². The molecule has 1 aliphatic rings. The second-order valence-corrected chi connectivity index (χ2v) is 9.40. The van der Waals surface area contributed by atoms with Gasteiger partial charge >= 0.3 is 0 Å². The van der Waals surface area contributed by atoms with Crippen LogP contribution in [-0.4, -0.2) is 49.0 Å². The zero-order valence-electron chi connectivity index (χ0n) is 21.1. The van der Waals surface area contributed by atoms with Gasteiger partial charge in [-0.25, -0.2) is 4.99 Å². The van der Waals surface area contributed by atoms with E-state index in [-0.39, 0.29) is 11.9 Å². The topological polar surface area (TPSA) is 102 Å². The van der Waals surface area contributed by atoms with Gasteiger partial charge in [-0.15, -0.1) is 0 Å². The molecule has 1 amide bonds. The average molecular weight is 531 g/mol. The highest BCUT2D eigenvalue weighted by molar-refractivity contribution is 6.30. The number of halogens is 1. The summed E-state index contributed by atoms with van der Waals surface area (Å²) in [5, 5.41) is 18.7. The highest BCUT2D eigenvalue weighted by Crippen LogP contribution is 2.24. The first-order valence-corrected chi connectivity index (χ1v) is 13.0. The summed E-state index contributed by atoms with van der Waals surface area (Å²) in [5.41, 5.74) is 1.67. The molecule has 1 saturated heterocycles. The molecule has 1 fully saturated rings. The summed E-state index contributed by atoms with van der Waals surface area (Å²) in [6.45, 7) is 3.53. The van der Waals surface area contributed by atoms with Crippen LogP contribution < -0.4 is 20.7 Å². The molecule has 0 spiro atoms. The summed E-state index contributed by atoms with van der Waals surface area (Å²) >= 11 is 5.93. The van der Waals surface area contributed by atoms with Gasteiger partial charge in [0, 0.05) is 30.2 Å². The predicted molar refractivity (Wildman–Crippen MR) is 150 cm³/mol. The van der Waals surface area contributed by atoms with E-state index in [4.69, 9.17) is 16.3 Å². The van der Waals surface area contributed by atoms with Crippen molar-refractivity contribution < 1.29 is 9.53 Å². The minimum atomic E-state index is -0.716. The van der Waals surface area contributed by atoms with E-state index < -0.39 is 6.04 Å². The number of aliphatic imine (C=N–C) groups is 1. The standard InChI is InChI=1S/C29H31ClN6O2/c30-23-8-12-25(13-9-23)38-26-14-10-24(11-15-26)34-29(33-21-31)35-27(20-22-6-2-1-3-7-22)28(37)32-16-19-36-17-4-5-18-36/h1-3,6-15,27H,4-5,16-20H2,(H,32,37)(H2,33,34,35)/t27-/m0/s1. The van der Waals surface area contributed by atoms with Crippen LogP contribution >= 0.6 is 11.6 Å². The molecular weight excluding hydrogens is 500 g/mol. The fourth-order valence-electron chi connectivity index (χ4n) is 4.18. The lowest BCUT2D eigenvalue weighted by Gasteiger charge is -2.18. The molecule has 3 N–H and O–H groups in total. The van der Waals surface area contributed by atoms with Crippen LogP contribution in [0.2, 0.25) is 5.02 Å². The van der Waals surface area contributed by atoms with Gasteiger partial charge in [0.15, 0.2) is 6.19 Å². The Morgan fingerprint density at radius 1 is 1.00 bits per heavy atom. The lowest BCUT2D eigenvalue weighted by atomic mass is 10.1. The number of rotatable bonds is 10. The fourth-order valence-corrected chi connectivity index (χ4v) is 4.31. The molecule has 0 unspecified atom stereocenters. The molecule has 3 aromatic carbocycles. The monoisotopic (exact) mass is 530 g/mol. The maximum atomic E-state index is 13.2. The molecule has 3 aromatic rings. The Kier molecular flexibility index (Phi) is 9.96. The molecule has 0 aromatic heterocycles. The van der Waals surface area contributed by atoms with Crippen LogP contribution in [0.1, 0.15) is 18.4 Å². The lowest BCUT2D eigenvalue weighted by Crippen LogP contribution is -2.41. The number of guanidine groups is 1. The number of nitrogens with one attached hydrogen (secondary N) is 3. The van der Waals surface area contributed by atoms with Crippen molar-refractivity contribution in [3.8, 4) is 17.7 Å². The van der Waals surface area contributed by atoms with E-state index in [2.05, 4.69) is 25.8 Å². The van der Waals surface area contributed by atoms with E-state index in [1.165, 1.54) is 12.8 Å². The summed E-state index contributed by atoms with van der Waals surface area (Å²) in [6, 6.07) is 23.3. The van der Waals surface area contributed by atoms with Crippen LogP contribution in [0, 0.1) is 11.5 Å². The number of amides is 1. The molecule has 9 heteroatoms. The molecule has 8 nitrogen and oxygen atoms in total. The minimum Gasteiger partial charge on any atom is -0.457 e. The molecular formula is C29H31ClN6O2. The summed E-state index contributed by atoms with van der Waals surface area (Å²) in [4.78, 5) is 20.1. The number of nitrogens with zero attached hydrogens (tertiary/aromatic N) is 3. The quantitative estimate of drug-likeness (QED) is 0.151. The number of carbonyl (C=O) groups excluding carboxylic acids is 1. The molecule has 196 valence electrons. The second kappa shape index (κ2) is 14.0. The normalized spacial score (nSPS) is 14.4. The first-order valence-electron chi connectivity index (χ1n) is 12.7. The second-order valence-electron chi connectivity index (χ2n) is 8.97. The van der Waals surface area contributed by atoms with Gasteiger partial charge in [0.25, 0.3) is 0 Å². The van der Waals surface area contributed by atoms with E-state index in [9.17, 15) is 10.1 Å². The largest absolute Gasteiger partial charge is 0.457 e. The van der Waals surface area contributed by atoms with Gasteiger partial charge in [0.1, 0.15) is 17.5 Å². The zero-order chi connectivity index (χ0) is 26.6. The third kappa shape index (κ3) is 8.51. The van der Waals surface area contributed by atoms with Gasteiger partial charge in [-0.2, -0.15) is 5.26 Å². The van der Waals surface area contributed by atoms with Gasteiger partial charge in [0.05, 0.1) is 0 Å². The van der Waals surface area contributed by atoms with E-state index >= 15 is 0 Å². The number of likely N-dealkylation sites (tertiary alicyclic amines) is 1. The molecule has 4 rings (SSSR count). The maximum Gasteiger partial charge on any atom is 0.245 e. The summed E-state index contributed by atoms with van der Waals surface area (Å²) in [5.74, 6) is 1.32. The number of nitriles is 1. The van der Waals surface area contributed by atoms with Crippen molar-refractivity contribution in [2.75, 3.05) is 31.5 Å². The summed E-state index contributed by atoms with van der Waals surface area (Å²) < 4.78 is 5.84. The van der Waals surface area contributed by atoms with Crippen LogP contribution in [0.4, 0.5) is 5.69 Å². The van der Waals surface area contributed by atoms with E-state index in [1.54, 1.807) is 36.4 Å². The Labute approximate surface area is 228 Å². The highest BCUT2D eigenvalue weighted by Gasteiger charge is 2.20. The van der Waals surface area contributed by atoms with Crippen molar-refractivity contribution in [2.24, 2.45) is 4.99 Å². The van der Waals surface area contributed by atoms with Gasteiger partial charge in [-0.1, -0.05) is 41.9 Å². The molecule has 0 radical (unpaired) electrons. The lowest BCUT2D eigenvalue weighted by molar-refractivity contribution is -0.122. The van der Waals surface area contributed by atoms with Crippen molar-refractivity contribution in [3.63, 3.8) is 0 Å². The average Bonchev–Trinajstić information content (AvgIpc) is 3.45. The van der Waals surface area contributed by atoms with E-state index in [1.807, 2.05) is 48.7 Å². The summed E-state index contributed by atoms with van der Waals surface area (Å²) in [7, 11) is 0. The predicted octanol–water partition coefficient (Wildman–Crippen LogP) is 4.79. The van der Waals surface area contributed by atoms with Crippen molar-refractivity contribution in [2.45, 2.75) is 25.3 Å². The van der Waals surface area contributed by atoms with Crippen LogP contribution in [0.5, 0.6) is 11.5 Å². The number of hydrogen-bond acceptors (Lipinski definition) is 5. The van der Waals surface area contributed by atoms with Crippen LogP contribution in [-0.2, 0) is 11.2 Å². The molecule has 0 saturated carbocycles. The van der Waals surface area contributed by atoms with Gasteiger partial charge < -0.3 is 20.3 Å². The third-order valence-corrected chi connectivity index (χ3v) is 6.38. The van der Waals surface area contributed by atoms with Crippen LogP contribution in [0.3, 0.4) is 0 Å². The highest BCUT2D eigenvalue weighted by atomic mass is 35.5. The summed E-state index contributed by atoms with van der Waals surface area (Å²) in [6.07, 6.45) is 4.73. The number of carbonyl (C=O) groups is 1. The number of ether oxygens (including phenoxy) is 1. The first-order chi connectivity index (χ1) is 18.6. The Bertz CT molecular complexity index is 1240. The SMILES string of the molecule is N#CNC(=N[C@@H](Cc1ccccc1)C(=O)NCCN1CCCC1)Nc1ccc(Oc2ccc(Cl)cc2)cc1. The fraction of sp³-hybridized carbons (Fsp3) is 0.276. The van der Waals surface area contributed by atoms with Crippen LogP contribution in [0.15, 0.2) is 83.9 Å². The third-order valence-electron chi connectivity index (χ3n) is 6.13. The van der Waals surface area contributed by atoms with Gasteiger partial charge in [0.2, 0.25) is 11.9 Å². The van der Waals surface area contributed by atoms with E-state index in [0.29, 0.717) is 35.2 Å². The van der Waals surface area contributed by atoms with Crippen molar-refractivity contribution in [1.82, 2.24) is 15.5 Å². The Balaban J connectivity index is 1.44. The van der Waals surface area contributed by atoms with Gasteiger partial charge in [-0.3, -0.25) is 10.1 Å². The van der Waals surface area contributed by atoms with Crippen molar-refractivity contribution in [1.29, 1.82) is 5.26 Å². The van der Waals surface area contributed by atoms with Crippen LogP contribution in [0.25, 0.3) is 0 Å². The molecule has 0 bridgehead atoms. The van der Waals surface area contributed by atoms with Crippen molar-refractivity contribution in [3.05, 3.63) is 89.4 Å². The Morgan fingerprint density at radius 2 is 1.66 bits per heavy atom. The Hall–Kier alpha value is -4.06. The van der Waals surface area contributed by atoms with Gasteiger partial charge in [-0.05, 0) is 80.0 Å². The molecule has 1 aliphatic heterocycles. The molecule has 1 heterocycles. The number of anilines is 1. The smallest absolute Gasteiger partial charge is 0.245 e. The maximum absolute atomic E-state index is 13.2. The molecule has 1 atom stereocenters. The molecule has 0 aliphatic carbocycles. The zero-order valence-corrected chi connectivity index (χ0v) is 21.8. The molecule has 38 heavy (non-hydrogen) atoms. The minimum absolute atomic E-state index is 0.182. The Morgan fingerprint density at radius 3 is 2.32 bits per heavy atom. The first kappa shape index (κ1) is 27.0. The number of hydrogen-bond donors (Lipinski definition) is 3.